The smallest absolute Gasteiger partial charge is 0.349 e. The largest absolute Gasteiger partial charge is 0.493 e. The normalized spacial score (nSPS) is 10.5. The van der Waals surface area contributed by atoms with E-state index < -0.39 is 5.97 Å². The third-order valence-electron chi connectivity index (χ3n) is 4.08. The minimum atomic E-state index is -0.517. The number of carbonyl (C=O) groups is 2. The quantitative estimate of drug-likeness (QED) is 0.436. The van der Waals surface area contributed by atoms with Gasteiger partial charge in [-0.3, -0.25) is 4.79 Å². The Morgan fingerprint density at radius 2 is 1.68 bits per heavy atom. The third-order valence-corrected chi connectivity index (χ3v) is 4.08. The average Bonchev–Trinajstić information content (AvgIpc) is 2.77. The van der Waals surface area contributed by atoms with Gasteiger partial charge >= 0.3 is 5.97 Å². The predicted molar refractivity (Wildman–Crippen MR) is 118 cm³/mol. The van der Waals surface area contributed by atoms with Gasteiger partial charge in [0.05, 0.1) is 7.11 Å². The molecular weight excluding hydrogens is 396 g/mol. The monoisotopic (exact) mass is 418 g/mol. The zero-order chi connectivity index (χ0) is 22.1. The highest BCUT2D eigenvalue weighted by molar-refractivity contribution is 5.88. The van der Waals surface area contributed by atoms with Gasteiger partial charge in [0.25, 0.3) is 0 Å². The summed E-state index contributed by atoms with van der Waals surface area (Å²) in [5.41, 5.74) is 1.81. The number of hydrogen-bond acceptors (Lipinski definition) is 6. The third kappa shape index (κ3) is 6.71. The molecule has 0 aliphatic carbocycles. The van der Waals surface area contributed by atoms with Crippen molar-refractivity contribution in [3.8, 4) is 17.2 Å². The van der Waals surface area contributed by atoms with E-state index in [1.807, 2.05) is 36.4 Å². The molecule has 31 heavy (non-hydrogen) atoms. The van der Waals surface area contributed by atoms with Crippen LogP contribution in [0.1, 0.15) is 18.1 Å². The fraction of sp³-hybridized carbons (Fsp3) is 0.125. The summed E-state index contributed by atoms with van der Waals surface area (Å²) in [7, 11) is 1.53. The van der Waals surface area contributed by atoms with Crippen molar-refractivity contribution < 1.29 is 23.8 Å². The van der Waals surface area contributed by atoms with E-state index in [1.165, 1.54) is 14.0 Å². The molecule has 0 atom stereocenters. The van der Waals surface area contributed by atoms with Crippen LogP contribution >= 0.6 is 0 Å². The van der Waals surface area contributed by atoms with Crippen molar-refractivity contribution in [2.24, 2.45) is 0 Å². The molecule has 1 aromatic heterocycles. The lowest BCUT2D eigenvalue weighted by molar-refractivity contribution is -0.136. The number of nitrogens with zero attached hydrogens (tertiary/aromatic N) is 1. The Kier molecular flexibility index (Phi) is 7.37. The Balaban J connectivity index is 1.54. The van der Waals surface area contributed by atoms with Crippen LogP contribution in [0, 0.1) is 0 Å². The number of benzene rings is 2. The summed E-state index contributed by atoms with van der Waals surface area (Å²) in [6.45, 7) is 1.20. The van der Waals surface area contributed by atoms with Crippen LogP contribution in [0.15, 0.2) is 66.9 Å². The molecule has 0 aliphatic rings. The highest BCUT2D eigenvalue weighted by Crippen LogP contribution is 2.25. The van der Waals surface area contributed by atoms with E-state index in [4.69, 9.17) is 14.2 Å². The average molecular weight is 418 g/mol. The number of pyridine rings is 1. The molecule has 1 amide bonds. The fourth-order valence-corrected chi connectivity index (χ4v) is 2.67. The summed E-state index contributed by atoms with van der Waals surface area (Å²) in [6.07, 6.45) is 5.43. The van der Waals surface area contributed by atoms with E-state index in [9.17, 15) is 9.59 Å². The molecule has 3 aromatic rings. The number of hydrogen-bond donors (Lipinski definition) is 1. The van der Waals surface area contributed by atoms with Gasteiger partial charge in [0.15, 0.2) is 18.1 Å². The lowest BCUT2D eigenvalue weighted by Crippen LogP contribution is -2.17. The van der Waals surface area contributed by atoms with E-state index >= 15 is 0 Å². The SMILES string of the molecule is COc1ccccc1OCC(=O)Oc1ccc(/C=C/c2ccnc(NC(C)=O)c2)cc1. The Bertz CT molecular complexity index is 1080. The van der Waals surface area contributed by atoms with Crippen LogP contribution in [0.5, 0.6) is 17.2 Å². The molecule has 0 spiro atoms. The van der Waals surface area contributed by atoms with Crippen LogP contribution in [0.25, 0.3) is 12.2 Å². The molecule has 0 unspecified atom stereocenters. The van der Waals surface area contributed by atoms with E-state index in [1.54, 1.807) is 42.6 Å². The minimum absolute atomic E-state index is 0.174. The number of nitrogens with one attached hydrogen (secondary N) is 1. The lowest BCUT2D eigenvalue weighted by atomic mass is 10.1. The number of methoxy groups -OCH3 is 1. The molecular formula is C24H22N2O5. The maximum atomic E-state index is 12.1. The molecule has 0 bridgehead atoms. The van der Waals surface area contributed by atoms with Gasteiger partial charge in [0, 0.05) is 13.1 Å². The number of esters is 1. The Morgan fingerprint density at radius 3 is 2.39 bits per heavy atom. The Hall–Kier alpha value is -4.13. The Morgan fingerprint density at radius 1 is 0.968 bits per heavy atom. The van der Waals surface area contributed by atoms with Crippen LogP contribution in [0.2, 0.25) is 0 Å². The summed E-state index contributed by atoms with van der Waals surface area (Å²) in [5.74, 6) is 1.24. The second kappa shape index (κ2) is 10.6. The van der Waals surface area contributed by atoms with E-state index in [0.29, 0.717) is 23.1 Å². The Labute approximate surface area is 180 Å². The second-order valence-electron chi connectivity index (χ2n) is 6.47. The van der Waals surface area contributed by atoms with E-state index in [-0.39, 0.29) is 12.5 Å². The molecule has 0 saturated carbocycles. The van der Waals surface area contributed by atoms with Gasteiger partial charge in [-0.25, -0.2) is 9.78 Å². The van der Waals surface area contributed by atoms with Crippen molar-refractivity contribution in [2.45, 2.75) is 6.92 Å². The molecule has 0 aliphatic heterocycles. The van der Waals surface area contributed by atoms with Crippen molar-refractivity contribution in [3.05, 3.63) is 78.0 Å². The first-order valence-corrected chi connectivity index (χ1v) is 9.52. The number of ether oxygens (including phenoxy) is 3. The first-order valence-electron chi connectivity index (χ1n) is 9.52. The molecule has 7 nitrogen and oxygen atoms in total. The van der Waals surface area contributed by atoms with Crippen LogP contribution in [0.3, 0.4) is 0 Å². The number of anilines is 1. The van der Waals surface area contributed by atoms with Crippen molar-refractivity contribution in [1.82, 2.24) is 4.98 Å². The van der Waals surface area contributed by atoms with Gasteiger partial charge < -0.3 is 19.5 Å². The maximum absolute atomic E-state index is 12.1. The first-order chi connectivity index (χ1) is 15.0. The van der Waals surface area contributed by atoms with E-state index in [2.05, 4.69) is 10.3 Å². The predicted octanol–water partition coefficient (Wildman–Crippen LogP) is 4.20. The molecule has 3 rings (SSSR count). The van der Waals surface area contributed by atoms with Gasteiger partial charge in [0.2, 0.25) is 5.91 Å². The number of aromatic nitrogens is 1. The molecule has 7 heteroatoms. The molecule has 158 valence electrons. The summed E-state index contributed by atoms with van der Waals surface area (Å²) in [6, 6.07) is 17.8. The van der Waals surface area contributed by atoms with Crippen LogP contribution in [-0.2, 0) is 9.59 Å². The fourth-order valence-electron chi connectivity index (χ4n) is 2.67. The van der Waals surface area contributed by atoms with Gasteiger partial charge in [-0.1, -0.05) is 36.4 Å². The standard InChI is InChI=1S/C24H22N2O5/c1-17(27)26-23-15-19(13-14-25-23)8-7-18-9-11-20(12-10-18)31-24(28)16-30-22-6-4-3-5-21(22)29-2/h3-15H,16H2,1-2H3,(H,25,26,27)/b8-7+. The highest BCUT2D eigenvalue weighted by atomic mass is 16.6. The molecule has 0 radical (unpaired) electrons. The van der Waals surface area contributed by atoms with Gasteiger partial charge in [-0.05, 0) is 47.5 Å². The first kappa shape index (κ1) is 21.6. The molecule has 1 heterocycles. The number of carbonyl (C=O) groups excluding carboxylic acids is 2. The summed E-state index contributed by atoms with van der Waals surface area (Å²) in [4.78, 5) is 27.3. The zero-order valence-electron chi connectivity index (χ0n) is 17.2. The minimum Gasteiger partial charge on any atom is -0.493 e. The zero-order valence-corrected chi connectivity index (χ0v) is 17.2. The highest BCUT2D eigenvalue weighted by Gasteiger charge is 2.09. The van der Waals surface area contributed by atoms with Crippen LogP contribution in [0.4, 0.5) is 5.82 Å². The number of amides is 1. The van der Waals surface area contributed by atoms with Crippen molar-refractivity contribution >= 4 is 29.8 Å². The van der Waals surface area contributed by atoms with Crippen LogP contribution < -0.4 is 19.5 Å². The van der Waals surface area contributed by atoms with Crippen molar-refractivity contribution in [3.63, 3.8) is 0 Å². The second-order valence-corrected chi connectivity index (χ2v) is 6.47. The lowest BCUT2D eigenvalue weighted by Gasteiger charge is -2.10. The number of rotatable bonds is 8. The molecule has 2 aromatic carbocycles. The molecule has 0 fully saturated rings. The molecule has 1 N–H and O–H groups in total. The summed E-state index contributed by atoms with van der Waals surface area (Å²) >= 11 is 0. The van der Waals surface area contributed by atoms with E-state index in [0.717, 1.165) is 11.1 Å². The summed E-state index contributed by atoms with van der Waals surface area (Å²) in [5, 5.41) is 2.65. The number of para-hydroxylation sites is 2. The van der Waals surface area contributed by atoms with Gasteiger partial charge in [0.1, 0.15) is 11.6 Å². The topological polar surface area (TPSA) is 86.8 Å². The maximum Gasteiger partial charge on any atom is 0.349 e. The van der Waals surface area contributed by atoms with Crippen molar-refractivity contribution in [1.29, 1.82) is 0 Å². The van der Waals surface area contributed by atoms with Gasteiger partial charge in [-0.15, -0.1) is 0 Å². The van der Waals surface area contributed by atoms with Crippen molar-refractivity contribution in [2.75, 3.05) is 19.0 Å². The molecule has 0 saturated heterocycles. The van der Waals surface area contributed by atoms with Gasteiger partial charge in [-0.2, -0.15) is 0 Å². The summed E-state index contributed by atoms with van der Waals surface area (Å²) < 4.78 is 15.9. The van der Waals surface area contributed by atoms with Crippen LogP contribution in [-0.4, -0.2) is 30.6 Å².